The van der Waals surface area contributed by atoms with E-state index in [-0.39, 0.29) is 36.0 Å². The van der Waals surface area contributed by atoms with Crippen LogP contribution in [0.15, 0.2) is 23.2 Å². The molecule has 2 aliphatic rings. The van der Waals surface area contributed by atoms with E-state index in [1.54, 1.807) is 14.0 Å². The van der Waals surface area contributed by atoms with Crippen molar-refractivity contribution < 1.29 is 14.3 Å². The molecule has 0 spiro atoms. The predicted octanol–water partition coefficient (Wildman–Crippen LogP) is 3.26. The van der Waals surface area contributed by atoms with Crippen LogP contribution in [-0.4, -0.2) is 67.6 Å². The molecule has 168 valence electrons. The molecule has 7 nitrogen and oxygen atoms in total. The SMILES string of the molecule is CCNC(=NCc1ccc(OC)c(OC2CCCC2)c1)N1CCN(C(C)=O)CC1.I. The van der Waals surface area contributed by atoms with Crippen molar-refractivity contribution in [1.82, 2.24) is 15.1 Å². The average Bonchev–Trinajstić information content (AvgIpc) is 3.24. The number of nitrogens with zero attached hydrogens (tertiary/aromatic N) is 3. The van der Waals surface area contributed by atoms with Gasteiger partial charge in [-0.05, 0) is 50.3 Å². The largest absolute Gasteiger partial charge is 0.493 e. The second kappa shape index (κ2) is 12.2. The molecule has 1 saturated carbocycles. The monoisotopic (exact) mass is 530 g/mol. The molecular formula is C22H35IN4O3. The zero-order valence-corrected chi connectivity index (χ0v) is 20.7. The lowest BCUT2D eigenvalue weighted by Gasteiger charge is -2.36. The van der Waals surface area contributed by atoms with Crippen LogP contribution >= 0.6 is 24.0 Å². The predicted molar refractivity (Wildman–Crippen MR) is 130 cm³/mol. The number of benzene rings is 1. The molecule has 0 bridgehead atoms. The molecule has 1 aromatic carbocycles. The fraction of sp³-hybridized carbons (Fsp3) is 0.636. The summed E-state index contributed by atoms with van der Waals surface area (Å²) in [5, 5.41) is 3.38. The molecule has 8 heteroatoms. The third-order valence-corrected chi connectivity index (χ3v) is 5.59. The van der Waals surface area contributed by atoms with Gasteiger partial charge in [-0.3, -0.25) is 4.79 Å². The summed E-state index contributed by atoms with van der Waals surface area (Å²) in [6.07, 6.45) is 4.99. The third-order valence-electron chi connectivity index (χ3n) is 5.59. The summed E-state index contributed by atoms with van der Waals surface area (Å²) in [6, 6.07) is 6.06. The normalized spacial score (nSPS) is 17.5. The van der Waals surface area contributed by atoms with Gasteiger partial charge >= 0.3 is 0 Å². The minimum atomic E-state index is 0. The summed E-state index contributed by atoms with van der Waals surface area (Å²) in [5.74, 6) is 2.62. The van der Waals surface area contributed by atoms with Crippen LogP contribution in [0.2, 0.25) is 0 Å². The first-order chi connectivity index (χ1) is 14.1. The first kappa shape index (κ1) is 24.6. The number of carbonyl (C=O) groups is 1. The maximum Gasteiger partial charge on any atom is 0.219 e. The van der Waals surface area contributed by atoms with Crippen LogP contribution in [0.1, 0.15) is 45.1 Å². The quantitative estimate of drug-likeness (QED) is 0.348. The van der Waals surface area contributed by atoms with Crippen molar-refractivity contribution in [2.75, 3.05) is 39.8 Å². The molecule has 0 aromatic heterocycles. The third kappa shape index (κ3) is 6.65. The van der Waals surface area contributed by atoms with E-state index < -0.39 is 0 Å². The van der Waals surface area contributed by atoms with Gasteiger partial charge in [-0.1, -0.05) is 6.07 Å². The summed E-state index contributed by atoms with van der Waals surface area (Å²) in [4.78, 5) is 20.5. The molecule has 1 aromatic rings. The van der Waals surface area contributed by atoms with Crippen LogP contribution in [0.5, 0.6) is 11.5 Å². The van der Waals surface area contributed by atoms with Gasteiger partial charge in [0, 0.05) is 39.6 Å². The molecule has 0 atom stereocenters. The Morgan fingerprint density at radius 3 is 2.40 bits per heavy atom. The Morgan fingerprint density at radius 1 is 1.13 bits per heavy atom. The smallest absolute Gasteiger partial charge is 0.219 e. The van der Waals surface area contributed by atoms with E-state index in [9.17, 15) is 4.79 Å². The van der Waals surface area contributed by atoms with Crippen molar-refractivity contribution in [1.29, 1.82) is 0 Å². The molecule has 1 N–H and O–H groups in total. The number of rotatable bonds is 6. The van der Waals surface area contributed by atoms with E-state index in [2.05, 4.69) is 23.2 Å². The van der Waals surface area contributed by atoms with Crippen molar-refractivity contribution in [3.05, 3.63) is 23.8 Å². The van der Waals surface area contributed by atoms with Gasteiger partial charge in [0.25, 0.3) is 0 Å². The van der Waals surface area contributed by atoms with Crippen LogP contribution in [0.25, 0.3) is 0 Å². The second-order valence-electron chi connectivity index (χ2n) is 7.67. The molecule has 0 unspecified atom stereocenters. The molecule has 1 heterocycles. The topological polar surface area (TPSA) is 66.4 Å². The highest BCUT2D eigenvalue weighted by Gasteiger charge is 2.21. The molecule has 1 aliphatic carbocycles. The lowest BCUT2D eigenvalue weighted by molar-refractivity contribution is -0.130. The molecule has 2 fully saturated rings. The van der Waals surface area contributed by atoms with Gasteiger partial charge in [0.1, 0.15) is 0 Å². The van der Waals surface area contributed by atoms with Gasteiger partial charge in [-0.15, -0.1) is 24.0 Å². The zero-order chi connectivity index (χ0) is 20.6. The van der Waals surface area contributed by atoms with E-state index >= 15 is 0 Å². The Morgan fingerprint density at radius 2 is 1.80 bits per heavy atom. The van der Waals surface area contributed by atoms with Gasteiger partial charge in [-0.2, -0.15) is 0 Å². The minimum Gasteiger partial charge on any atom is -0.493 e. The summed E-state index contributed by atoms with van der Waals surface area (Å²) in [5.41, 5.74) is 1.09. The fourth-order valence-corrected chi connectivity index (χ4v) is 3.92. The second-order valence-corrected chi connectivity index (χ2v) is 7.67. The maximum absolute atomic E-state index is 11.6. The van der Waals surface area contributed by atoms with Gasteiger partial charge < -0.3 is 24.6 Å². The van der Waals surface area contributed by atoms with Crippen LogP contribution in [-0.2, 0) is 11.3 Å². The van der Waals surface area contributed by atoms with Gasteiger partial charge in [0.05, 0.1) is 19.8 Å². The van der Waals surface area contributed by atoms with Gasteiger partial charge in [0.15, 0.2) is 17.5 Å². The standard InChI is InChI=1S/C22H34N4O3.HI/c1-4-23-22(26-13-11-25(12-14-26)17(2)27)24-16-18-9-10-20(28-3)21(15-18)29-19-7-5-6-8-19;/h9-10,15,19H,4-8,11-14,16H2,1-3H3,(H,23,24);1H. The van der Waals surface area contributed by atoms with E-state index in [0.29, 0.717) is 6.54 Å². The lowest BCUT2D eigenvalue weighted by Crippen LogP contribution is -2.53. The van der Waals surface area contributed by atoms with E-state index in [4.69, 9.17) is 14.5 Å². The first-order valence-electron chi connectivity index (χ1n) is 10.7. The number of amides is 1. The lowest BCUT2D eigenvalue weighted by atomic mass is 10.2. The van der Waals surface area contributed by atoms with Crippen molar-refractivity contribution in [3.63, 3.8) is 0 Å². The minimum absolute atomic E-state index is 0. The Kier molecular flexibility index (Phi) is 10.0. The number of nitrogens with one attached hydrogen (secondary N) is 1. The van der Waals surface area contributed by atoms with Crippen LogP contribution in [0.4, 0.5) is 0 Å². The summed E-state index contributed by atoms with van der Waals surface area (Å²) in [7, 11) is 1.68. The number of carbonyl (C=O) groups excluding carboxylic acids is 1. The van der Waals surface area contributed by atoms with Gasteiger partial charge in [0.2, 0.25) is 5.91 Å². The fourth-order valence-electron chi connectivity index (χ4n) is 3.92. The summed E-state index contributed by atoms with van der Waals surface area (Å²) in [6.45, 7) is 8.15. The zero-order valence-electron chi connectivity index (χ0n) is 18.4. The molecule has 1 amide bonds. The summed E-state index contributed by atoms with van der Waals surface area (Å²) < 4.78 is 11.7. The van der Waals surface area contributed by atoms with Crippen molar-refractivity contribution in [2.45, 2.75) is 52.2 Å². The number of halogens is 1. The summed E-state index contributed by atoms with van der Waals surface area (Å²) >= 11 is 0. The van der Waals surface area contributed by atoms with E-state index in [0.717, 1.165) is 68.6 Å². The number of piperazine rings is 1. The van der Waals surface area contributed by atoms with Crippen LogP contribution in [0, 0.1) is 0 Å². The molecule has 3 rings (SSSR count). The highest BCUT2D eigenvalue weighted by molar-refractivity contribution is 14.0. The average molecular weight is 530 g/mol. The Balaban J connectivity index is 0.00000320. The van der Waals surface area contributed by atoms with E-state index in [1.807, 2.05) is 17.0 Å². The van der Waals surface area contributed by atoms with Crippen molar-refractivity contribution in [3.8, 4) is 11.5 Å². The van der Waals surface area contributed by atoms with Gasteiger partial charge in [-0.25, -0.2) is 4.99 Å². The highest BCUT2D eigenvalue weighted by Crippen LogP contribution is 2.32. The maximum atomic E-state index is 11.6. The molecule has 30 heavy (non-hydrogen) atoms. The molecular weight excluding hydrogens is 495 g/mol. The Hall–Kier alpha value is -1.71. The number of aliphatic imine (C=N–C) groups is 1. The van der Waals surface area contributed by atoms with Crippen LogP contribution in [0.3, 0.4) is 0 Å². The van der Waals surface area contributed by atoms with Crippen LogP contribution < -0.4 is 14.8 Å². The molecule has 1 aliphatic heterocycles. The molecule has 1 saturated heterocycles. The number of guanidine groups is 1. The Labute approximate surface area is 197 Å². The molecule has 0 radical (unpaired) electrons. The number of hydrogen-bond donors (Lipinski definition) is 1. The Bertz CT molecular complexity index is 714. The number of methoxy groups -OCH3 is 1. The number of hydrogen-bond acceptors (Lipinski definition) is 4. The number of ether oxygens (including phenoxy) is 2. The van der Waals surface area contributed by atoms with Crippen molar-refractivity contribution >= 4 is 35.8 Å². The van der Waals surface area contributed by atoms with Crippen molar-refractivity contribution in [2.24, 2.45) is 4.99 Å². The van der Waals surface area contributed by atoms with E-state index in [1.165, 1.54) is 12.8 Å². The first-order valence-corrected chi connectivity index (χ1v) is 10.7. The highest BCUT2D eigenvalue weighted by atomic mass is 127.